The number of ether oxygens (including phenoxy) is 1. The second kappa shape index (κ2) is 7.43. The Hall–Kier alpha value is -1.59. The van der Waals surface area contributed by atoms with Gasteiger partial charge in [0.1, 0.15) is 0 Å². The number of carbonyl (C=O) groups excluding carboxylic acids is 1. The Morgan fingerprint density at radius 1 is 1.24 bits per heavy atom. The van der Waals surface area contributed by atoms with Gasteiger partial charge in [-0.15, -0.1) is 0 Å². The summed E-state index contributed by atoms with van der Waals surface area (Å²) in [7, 11) is 0. The molecule has 1 aliphatic rings. The van der Waals surface area contributed by atoms with E-state index in [0.29, 0.717) is 13.1 Å². The molecule has 2 N–H and O–H groups in total. The van der Waals surface area contributed by atoms with Crippen LogP contribution in [0, 0.1) is 0 Å². The van der Waals surface area contributed by atoms with E-state index in [9.17, 15) is 4.79 Å². The van der Waals surface area contributed by atoms with Gasteiger partial charge < -0.3 is 15.4 Å². The highest BCUT2D eigenvalue weighted by Crippen LogP contribution is 2.15. The van der Waals surface area contributed by atoms with Gasteiger partial charge >= 0.3 is 0 Å². The molecule has 1 saturated heterocycles. The number of anilines is 1. The normalized spacial score (nSPS) is 16.5. The number of carbonyl (C=O) groups is 1. The molecular weight excluding hydrogens is 266 g/mol. The molecule has 0 radical (unpaired) electrons. The van der Waals surface area contributed by atoms with Crippen molar-refractivity contribution in [1.82, 2.24) is 10.2 Å². The van der Waals surface area contributed by atoms with E-state index >= 15 is 0 Å². The predicted molar refractivity (Wildman–Crippen MR) is 84.4 cm³/mol. The molecule has 2 rings (SSSR count). The fraction of sp³-hybridized carbons (Fsp3) is 0.562. The van der Waals surface area contributed by atoms with E-state index in [2.05, 4.69) is 29.4 Å². The van der Waals surface area contributed by atoms with Crippen molar-refractivity contribution in [3.8, 4) is 0 Å². The van der Waals surface area contributed by atoms with Gasteiger partial charge in [-0.2, -0.15) is 0 Å². The first kappa shape index (κ1) is 15.8. The lowest BCUT2D eigenvalue weighted by atomic mass is 10.0. The second-order valence-corrected chi connectivity index (χ2v) is 5.91. The highest BCUT2D eigenvalue weighted by atomic mass is 16.5. The Morgan fingerprint density at radius 2 is 1.90 bits per heavy atom. The van der Waals surface area contributed by atoms with Crippen LogP contribution in [0.1, 0.15) is 13.8 Å². The van der Waals surface area contributed by atoms with Crippen molar-refractivity contribution in [2.45, 2.75) is 19.4 Å². The molecule has 21 heavy (non-hydrogen) atoms. The van der Waals surface area contributed by atoms with Crippen LogP contribution in [0.5, 0.6) is 0 Å². The number of rotatable bonds is 6. The lowest BCUT2D eigenvalue weighted by Gasteiger charge is -2.40. The third-order valence-corrected chi connectivity index (χ3v) is 3.81. The molecule has 116 valence electrons. The lowest BCUT2D eigenvalue weighted by molar-refractivity contribution is -0.120. The monoisotopic (exact) mass is 291 g/mol. The molecule has 0 spiro atoms. The zero-order valence-corrected chi connectivity index (χ0v) is 12.9. The molecule has 5 nitrogen and oxygen atoms in total. The van der Waals surface area contributed by atoms with E-state index in [1.165, 1.54) is 0 Å². The summed E-state index contributed by atoms with van der Waals surface area (Å²) in [5, 5.41) is 6.12. The molecular formula is C16H25N3O2. The lowest BCUT2D eigenvalue weighted by Crippen LogP contribution is -2.55. The van der Waals surface area contributed by atoms with Crippen LogP contribution in [0.15, 0.2) is 30.3 Å². The van der Waals surface area contributed by atoms with Gasteiger partial charge in [-0.25, -0.2) is 0 Å². The first-order chi connectivity index (χ1) is 10.1. The van der Waals surface area contributed by atoms with Gasteiger partial charge in [0.2, 0.25) is 5.91 Å². The Morgan fingerprint density at radius 3 is 2.57 bits per heavy atom. The highest BCUT2D eigenvalue weighted by molar-refractivity contribution is 5.80. The first-order valence-electron chi connectivity index (χ1n) is 7.46. The zero-order chi connectivity index (χ0) is 15.1. The zero-order valence-electron chi connectivity index (χ0n) is 12.9. The molecule has 1 aromatic carbocycles. The summed E-state index contributed by atoms with van der Waals surface area (Å²) in [4.78, 5) is 14.3. The maximum Gasteiger partial charge on any atom is 0.239 e. The van der Waals surface area contributed by atoms with Crippen LogP contribution >= 0.6 is 0 Å². The van der Waals surface area contributed by atoms with Gasteiger partial charge in [-0.1, -0.05) is 18.2 Å². The van der Waals surface area contributed by atoms with Gasteiger partial charge in [0.15, 0.2) is 0 Å². The molecule has 5 heteroatoms. The molecule has 0 atom stereocenters. The summed E-state index contributed by atoms with van der Waals surface area (Å²) in [6.07, 6.45) is 0. The number of nitrogens with one attached hydrogen (secondary N) is 2. The van der Waals surface area contributed by atoms with E-state index in [-0.39, 0.29) is 11.4 Å². The van der Waals surface area contributed by atoms with Gasteiger partial charge in [0.05, 0.1) is 19.8 Å². The highest BCUT2D eigenvalue weighted by Gasteiger charge is 2.28. The maximum absolute atomic E-state index is 11.9. The number of nitrogens with zero attached hydrogens (tertiary/aromatic N) is 1. The minimum atomic E-state index is -0.0494. The average molecular weight is 291 g/mol. The van der Waals surface area contributed by atoms with Crippen molar-refractivity contribution in [2.24, 2.45) is 0 Å². The fourth-order valence-corrected chi connectivity index (χ4v) is 2.40. The summed E-state index contributed by atoms with van der Waals surface area (Å²) in [5.41, 5.74) is 0.909. The van der Waals surface area contributed by atoms with Crippen LogP contribution in [0.3, 0.4) is 0 Å². The van der Waals surface area contributed by atoms with Crippen molar-refractivity contribution >= 4 is 11.6 Å². The number of benzene rings is 1. The third kappa shape index (κ3) is 5.02. The maximum atomic E-state index is 11.9. The van der Waals surface area contributed by atoms with E-state index in [4.69, 9.17) is 4.74 Å². The summed E-state index contributed by atoms with van der Waals surface area (Å²) < 4.78 is 5.37. The van der Waals surface area contributed by atoms with Crippen LogP contribution < -0.4 is 10.6 Å². The quantitative estimate of drug-likeness (QED) is 0.830. The molecule has 1 fully saturated rings. The predicted octanol–water partition coefficient (Wildman–Crippen LogP) is 1.33. The summed E-state index contributed by atoms with van der Waals surface area (Å²) in [6.45, 7) is 8.63. The summed E-state index contributed by atoms with van der Waals surface area (Å²) >= 11 is 0. The summed E-state index contributed by atoms with van der Waals surface area (Å²) in [6, 6.07) is 9.75. The average Bonchev–Trinajstić information content (AvgIpc) is 2.53. The Kier molecular flexibility index (Phi) is 5.59. The molecule has 0 aliphatic carbocycles. The van der Waals surface area contributed by atoms with Crippen LogP contribution in [-0.2, 0) is 9.53 Å². The van der Waals surface area contributed by atoms with E-state index in [1.807, 2.05) is 30.3 Å². The van der Waals surface area contributed by atoms with Crippen molar-refractivity contribution < 1.29 is 9.53 Å². The minimum absolute atomic E-state index is 0.0141. The minimum Gasteiger partial charge on any atom is -0.379 e. The van der Waals surface area contributed by atoms with Gasteiger partial charge in [-0.05, 0) is 26.0 Å². The third-order valence-electron chi connectivity index (χ3n) is 3.81. The van der Waals surface area contributed by atoms with E-state index < -0.39 is 0 Å². The Bertz CT molecular complexity index is 442. The second-order valence-electron chi connectivity index (χ2n) is 5.91. The number of hydrogen-bond acceptors (Lipinski definition) is 4. The SMILES string of the molecule is CC(C)(CNC(=O)CNc1ccccc1)N1CCOCC1. The van der Waals surface area contributed by atoms with Crippen LogP contribution in [-0.4, -0.2) is 55.7 Å². The molecule has 1 heterocycles. The molecule has 1 amide bonds. The Balaban J connectivity index is 1.72. The van der Waals surface area contributed by atoms with Crippen LogP contribution in [0.2, 0.25) is 0 Å². The molecule has 0 saturated carbocycles. The standard InChI is InChI=1S/C16H25N3O2/c1-16(2,19-8-10-21-11-9-19)13-18-15(20)12-17-14-6-4-3-5-7-14/h3-7,17H,8-13H2,1-2H3,(H,18,20). The van der Waals surface area contributed by atoms with Crippen molar-refractivity contribution in [2.75, 3.05) is 44.7 Å². The first-order valence-corrected chi connectivity index (χ1v) is 7.46. The molecule has 0 aromatic heterocycles. The Labute approximate surface area is 126 Å². The molecule has 1 aliphatic heterocycles. The fourth-order valence-electron chi connectivity index (χ4n) is 2.40. The molecule has 1 aromatic rings. The van der Waals surface area contributed by atoms with E-state index in [0.717, 1.165) is 32.0 Å². The smallest absolute Gasteiger partial charge is 0.239 e. The van der Waals surface area contributed by atoms with Gasteiger partial charge in [0, 0.05) is 30.9 Å². The largest absolute Gasteiger partial charge is 0.379 e. The topological polar surface area (TPSA) is 53.6 Å². The van der Waals surface area contributed by atoms with Crippen molar-refractivity contribution in [1.29, 1.82) is 0 Å². The number of para-hydroxylation sites is 1. The number of hydrogen-bond donors (Lipinski definition) is 2. The van der Waals surface area contributed by atoms with Gasteiger partial charge in [0.25, 0.3) is 0 Å². The van der Waals surface area contributed by atoms with Crippen LogP contribution in [0.4, 0.5) is 5.69 Å². The summed E-state index contributed by atoms with van der Waals surface area (Å²) in [5.74, 6) is 0.0141. The number of amides is 1. The molecule has 0 bridgehead atoms. The molecule has 0 unspecified atom stereocenters. The van der Waals surface area contributed by atoms with E-state index in [1.54, 1.807) is 0 Å². The van der Waals surface area contributed by atoms with Crippen molar-refractivity contribution in [3.63, 3.8) is 0 Å². The number of morpholine rings is 1. The van der Waals surface area contributed by atoms with Crippen LogP contribution in [0.25, 0.3) is 0 Å². The van der Waals surface area contributed by atoms with Crippen molar-refractivity contribution in [3.05, 3.63) is 30.3 Å². The van der Waals surface area contributed by atoms with Gasteiger partial charge in [-0.3, -0.25) is 9.69 Å².